The monoisotopic (exact) mass is 208 g/mol. The van der Waals surface area contributed by atoms with E-state index in [2.05, 4.69) is 13.8 Å². The molecule has 2 saturated carbocycles. The summed E-state index contributed by atoms with van der Waals surface area (Å²) in [5.41, 5.74) is 0. The molecular weight excluding hydrogens is 184 g/mol. The standard InChI is InChI=1S/C14H24O/c1-9-5-4-6-13-10(2)7-12(11(3)15)8-14(9)13/h9-10,12-14H,4-8H2,1-3H3/t9-,10+,12+,13?,14?/m1/s1. The van der Waals surface area contributed by atoms with Crippen molar-refractivity contribution in [3.8, 4) is 0 Å². The Kier molecular flexibility index (Phi) is 3.18. The van der Waals surface area contributed by atoms with Gasteiger partial charge in [0.2, 0.25) is 0 Å². The van der Waals surface area contributed by atoms with E-state index in [9.17, 15) is 4.79 Å². The molecule has 1 heteroatoms. The average molecular weight is 208 g/mol. The molecule has 1 nitrogen and oxygen atoms in total. The molecule has 0 bridgehead atoms. The lowest BCUT2D eigenvalue weighted by atomic mass is 9.59. The van der Waals surface area contributed by atoms with E-state index in [1.807, 2.05) is 0 Å². The van der Waals surface area contributed by atoms with Crippen molar-refractivity contribution >= 4 is 5.78 Å². The molecule has 0 spiro atoms. The fourth-order valence-corrected chi connectivity index (χ4v) is 4.02. The van der Waals surface area contributed by atoms with Crippen molar-refractivity contribution in [1.29, 1.82) is 0 Å². The van der Waals surface area contributed by atoms with Gasteiger partial charge in [-0.2, -0.15) is 0 Å². The quantitative estimate of drug-likeness (QED) is 0.642. The molecule has 0 radical (unpaired) electrons. The number of carbonyl (C=O) groups excluding carboxylic acids is 1. The van der Waals surface area contributed by atoms with Gasteiger partial charge in [0.25, 0.3) is 0 Å². The normalized spacial score (nSPS) is 45.9. The number of hydrogen-bond acceptors (Lipinski definition) is 1. The van der Waals surface area contributed by atoms with Gasteiger partial charge in [0.05, 0.1) is 0 Å². The first-order valence-corrected chi connectivity index (χ1v) is 6.60. The van der Waals surface area contributed by atoms with E-state index < -0.39 is 0 Å². The number of carbonyl (C=O) groups is 1. The van der Waals surface area contributed by atoms with Crippen LogP contribution in [0.1, 0.15) is 52.9 Å². The Labute approximate surface area is 93.6 Å². The Balaban J connectivity index is 2.10. The van der Waals surface area contributed by atoms with Crippen LogP contribution in [0.5, 0.6) is 0 Å². The molecule has 0 amide bonds. The highest BCUT2D eigenvalue weighted by atomic mass is 16.1. The van der Waals surface area contributed by atoms with Gasteiger partial charge in [-0.3, -0.25) is 4.79 Å². The molecule has 0 heterocycles. The number of hydrogen-bond donors (Lipinski definition) is 0. The summed E-state index contributed by atoms with van der Waals surface area (Å²) in [6, 6.07) is 0. The highest BCUT2D eigenvalue weighted by Crippen LogP contribution is 2.48. The van der Waals surface area contributed by atoms with Crippen molar-refractivity contribution in [2.75, 3.05) is 0 Å². The molecule has 15 heavy (non-hydrogen) atoms. The van der Waals surface area contributed by atoms with Gasteiger partial charge in [-0.25, -0.2) is 0 Å². The smallest absolute Gasteiger partial charge is 0.132 e. The van der Waals surface area contributed by atoms with Crippen molar-refractivity contribution in [2.45, 2.75) is 52.9 Å². The lowest BCUT2D eigenvalue weighted by molar-refractivity contribution is -0.124. The molecule has 2 unspecified atom stereocenters. The van der Waals surface area contributed by atoms with Gasteiger partial charge in [-0.05, 0) is 49.9 Å². The van der Waals surface area contributed by atoms with Gasteiger partial charge in [-0.15, -0.1) is 0 Å². The SMILES string of the molecule is CC(=O)[C@@H]1CC2C(CCC[C@H]2C)[C@@H](C)C1. The molecule has 0 aliphatic heterocycles. The van der Waals surface area contributed by atoms with Crippen LogP contribution in [-0.4, -0.2) is 5.78 Å². The van der Waals surface area contributed by atoms with Gasteiger partial charge >= 0.3 is 0 Å². The Bertz CT molecular complexity index is 246. The maximum absolute atomic E-state index is 11.5. The Morgan fingerprint density at radius 2 is 1.73 bits per heavy atom. The van der Waals surface area contributed by atoms with Crippen LogP contribution in [0, 0.1) is 29.6 Å². The zero-order valence-corrected chi connectivity index (χ0v) is 10.3. The third-order valence-electron chi connectivity index (χ3n) is 5.00. The zero-order chi connectivity index (χ0) is 11.0. The van der Waals surface area contributed by atoms with Gasteiger partial charge in [0.1, 0.15) is 5.78 Å². The van der Waals surface area contributed by atoms with Crippen LogP contribution in [-0.2, 0) is 4.79 Å². The average Bonchev–Trinajstić information content (AvgIpc) is 2.19. The van der Waals surface area contributed by atoms with E-state index in [1.54, 1.807) is 6.92 Å². The molecule has 0 aromatic rings. The Hall–Kier alpha value is -0.330. The first-order valence-electron chi connectivity index (χ1n) is 6.60. The lowest BCUT2D eigenvalue weighted by Crippen LogP contribution is -2.39. The second-order valence-corrected chi connectivity index (χ2v) is 5.99. The highest BCUT2D eigenvalue weighted by molar-refractivity contribution is 5.78. The summed E-state index contributed by atoms with van der Waals surface area (Å²) in [6.07, 6.45) is 6.56. The summed E-state index contributed by atoms with van der Waals surface area (Å²) >= 11 is 0. The lowest BCUT2D eigenvalue weighted by Gasteiger charge is -2.46. The molecule has 0 saturated heterocycles. The third kappa shape index (κ3) is 2.11. The second-order valence-electron chi connectivity index (χ2n) is 5.99. The Morgan fingerprint density at radius 1 is 1.00 bits per heavy atom. The highest BCUT2D eigenvalue weighted by Gasteiger charge is 2.40. The molecule has 5 atom stereocenters. The predicted molar refractivity (Wildman–Crippen MR) is 62.6 cm³/mol. The van der Waals surface area contributed by atoms with Gasteiger partial charge < -0.3 is 0 Å². The summed E-state index contributed by atoms with van der Waals surface area (Å²) < 4.78 is 0. The zero-order valence-electron chi connectivity index (χ0n) is 10.3. The summed E-state index contributed by atoms with van der Waals surface area (Å²) in [4.78, 5) is 11.5. The molecule has 0 aromatic carbocycles. The maximum Gasteiger partial charge on any atom is 0.132 e. The molecule has 2 rings (SSSR count). The van der Waals surface area contributed by atoms with E-state index in [0.29, 0.717) is 11.7 Å². The summed E-state index contributed by atoms with van der Waals surface area (Å²) in [6.45, 7) is 6.54. The van der Waals surface area contributed by atoms with E-state index in [0.717, 1.165) is 30.1 Å². The summed E-state index contributed by atoms with van der Waals surface area (Å²) in [5, 5.41) is 0. The van der Waals surface area contributed by atoms with Crippen LogP contribution >= 0.6 is 0 Å². The first-order chi connectivity index (χ1) is 7.09. The molecule has 86 valence electrons. The minimum atomic E-state index is 0.377. The van der Waals surface area contributed by atoms with Crippen molar-refractivity contribution in [1.82, 2.24) is 0 Å². The molecule has 2 aliphatic carbocycles. The fourth-order valence-electron chi connectivity index (χ4n) is 4.02. The number of rotatable bonds is 1. The third-order valence-corrected chi connectivity index (χ3v) is 5.00. The van der Waals surface area contributed by atoms with Gasteiger partial charge in [-0.1, -0.05) is 26.7 Å². The van der Waals surface area contributed by atoms with Crippen molar-refractivity contribution in [2.24, 2.45) is 29.6 Å². The molecular formula is C14H24O. The van der Waals surface area contributed by atoms with Gasteiger partial charge in [0, 0.05) is 5.92 Å². The van der Waals surface area contributed by atoms with Crippen molar-refractivity contribution < 1.29 is 4.79 Å². The van der Waals surface area contributed by atoms with Crippen LogP contribution in [0.2, 0.25) is 0 Å². The van der Waals surface area contributed by atoms with Crippen LogP contribution < -0.4 is 0 Å². The van der Waals surface area contributed by atoms with E-state index in [4.69, 9.17) is 0 Å². The maximum atomic E-state index is 11.5. The molecule has 2 fully saturated rings. The van der Waals surface area contributed by atoms with E-state index in [-0.39, 0.29) is 0 Å². The van der Waals surface area contributed by atoms with Gasteiger partial charge in [0.15, 0.2) is 0 Å². The summed E-state index contributed by atoms with van der Waals surface area (Å²) in [5.74, 6) is 4.20. The van der Waals surface area contributed by atoms with Crippen LogP contribution in [0.25, 0.3) is 0 Å². The minimum Gasteiger partial charge on any atom is -0.300 e. The number of Topliss-reactive ketones (excluding diaryl/α,β-unsaturated/α-hetero) is 1. The predicted octanol–water partition coefficient (Wildman–Crippen LogP) is 3.67. The van der Waals surface area contributed by atoms with Crippen LogP contribution in [0.4, 0.5) is 0 Å². The molecule has 2 aliphatic rings. The Morgan fingerprint density at radius 3 is 2.40 bits per heavy atom. The van der Waals surface area contributed by atoms with E-state index in [1.165, 1.54) is 25.7 Å². The van der Waals surface area contributed by atoms with Crippen molar-refractivity contribution in [3.05, 3.63) is 0 Å². The number of ketones is 1. The first kappa shape index (κ1) is 11.2. The minimum absolute atomic E-state index is 0.377. The van der Waals surface area contributed by atoms with Crippen molar-refractivity contribution in [3.63, 3.8) is 0 Å². The molecule has 0 N–H and O–H groups in total. The van der Waals surface area contributed by atoms with Crippen LogP contribution in [0.3, 0.4) is 0 Å². The van der Waals surface area contributed by atoms with Crippen LogP contribution in [0.15, 0.2) is 0 Å². The largest absolute Gasteiger partial charge is 0.300 e. The fraction of sp³-hybridized carbons (Fsp3) is 0.929. The summed E-state index contributed by atoms with van der Waals surface area (Å²) in [7, 11) is 0. The van der Waals surface area contributed by atoms with E-state index >= 15 is 0 Å². The molecule has 0 aromatic heterocycles. The second kappa shape index (κ2) is 4.27. The topological polar surface area (TPSA) is 17.1 Å². The number of fused-ring (bicyclic) bond motifs is 1.